The van der Waals surface area contributed by atoms with Crippen LogP contribution >= 0.6 is 0 Å². The van der Waals surface area contributed by atoms with Crippen LogP contribution in [0.25, 0.3) is 0 Å². The van der Waals surface area contributed by atoms with Crippen LogP contribution in [0.2, 0.25) is 24.7 Å². The molecule has 6 heteroatoms. The Balaban J connectivity index is 2.79. The number of nitrogens with zero attached hydrogens (tertiary/aromatic N) is 1. The molecule has 0 amide bonds. The molecule has 0 aromatic rings. The van der Waals surface area contributed by atoms with Gasteiger partial charge in [0.2, 0.25) is 0 Å². The van der Waals surface area contributed by atoms with Crippen LogP contribution in [0.3, 0.4) is 0 Å². The van der Waals surface area contributed by atoms with E-state index in [2.05, 4.69) is 25.3 Å². The summed E-state index contributed by atoms with van der Waals surface area (Å²) in [6.07, 6.45) is 6.96. The summed E-state index contributed by atoms with van der Waals surface area (Å²) in [5.41, 5.74) is 0. The van der Waals surface area contributed by atoms with E-state index >= 15 is 0 Å². The van der Waals surface area contributed by atoms with Crippen LogP contribution in [0.4, 0.5) is 0 Å². The first-order valence-electron chi connectivity index (χ1n) is 10.7. The van der Waals surface area contributed by atoms with E-state index in [-0.39, 0.29) is 0 Å². The summed E-state index contributed by atoms with van der Waals surface area (Å²) in [6, 6.07) is 4.82. The van der Waals surface area contributed by atoms with E-state index in [0.717, 1.165) is 19.2 Å². The second-order valence-electron chi connectivity index (χ2n) is 7.35. The zero-order valence-corrected chi connectivity index (χ0v) is 19.7. The van der Waals surface area contributed by atoms with Crippen LogP contribution in [0.5, 0.6) is 0 Å². The van der Waals surface area contributed by atoms with Crippen molar-refractivity contribution in [3.05, 3.63) is 0 Å². The Bertz CT molecular complexity index is 333. The van der Waals surface area contributed by atoms with Gasteiger partial charge in [-0.2, -0.15) is 0 Å². The molecule has 1 fully saturated rings. The molecule has 0 aliphatic heterocycles. The average molecular weight is 390 g/mol. The van der Waals surface area contributed by atoms with E-state index in [1.807, 2.05) is 20.4 Å². The SMILES string of the molecule is CCO[Si](C)(OCC)OCCN(C1CCCCC1)[Si](CC)(CC)CC. The van der Waals surface area contributed by atoms with Gasteiger partial charge in [0, 0.05) is 32.3 Å². The zero-order chi connectivity index (χ0) is 18.8. The molecular weight excluding hydrogens is 346 g/mol. The van der Waals surface area contributed by atoms with E-state index in [1.54, 1.807) is 0 Å². The van der Waals surface area contributed by atoms with Gasteiger partial charge in [-0.25, -0.2) is 0 Å². The molecule has 0 saturated heterocycles. The molecule has 1 aliphatic carbocycles. The maximum Gasteiger partial charge on any atom is 0.497 e. The third-order valence-corrected chi connectivity index (χ3v) is 14.2. The third kappa shape index (κ3) is 6.74. The fraction of sp³-hybridized carbons (Fsp3) is 1.00. The molecule has 1 aliphatic rings. The Morgan fingerprint density at radius 1 is 0.800 bits per heavy atom. The highest BCUT2D eigenvalue weighted by Crippen LogP contribution is 2.32. The number of hydrogen-bond acceptors (Lipinski definition) is 4. The highest BCUT2D eigenvalue weighted by atomic mass is 28.4. The Hall–Kier alpha value is 0.274. The lowest BCUT2D eigenvalue weighted by Crippen LogP contribution is -2.58. The minimum atomic E-state index is -2.47. The van der Waals surface area contributed by atoms with Gasteiger partial charge < -0.3 is 17.8 Å². The summed E-state index contributed by atoms with van der Waals surface area (Å²) in [5, 5.41) is 0. The van der Waals surface area contributed by atoms with E-state index < -0.39 is 17.0 Å². The fourth-order valence-electron chi connectivity index (χ4n) is 4.54. The van der Waals surface area contributed by atoms with Crippen LogP contribution < -0.4 is 0 Å². The Labute approximate surface area is 159 Å². The van der Waals surface area contributed by atoms with Crippen LogP contribution in [-0.2, 0) is 13.3 Å². The average Bonchev–Trinajstić information content (AvgIpc) is 2.63. The Kier molecular flexibility index (Phi) is 11.1. The van der Waals surface area contributed by atoms with Gasteiger partial charge in [-0.1, -0.05) is 40.0 Å². The third-order valence-electron chi connectivity index (χ3n) is 6.11. The van der Waals surface area contributed by atoms with Gasteiger partial charge in [0.1, 0.15) is 8.24 Å². The molecule has 4 nitrogen and oxygen atoms in total. The second-order valence-corrected chi connectivity index (χ2v) is 15.1. The molecule has 1 saturated carbocycles. The minimum absolute atomic E-state index is 0.659. The largest absolute Gasteiger partial charge is 0.497 e. The smallest absolute Gasteiger partial charge is 0.374 e. The van der Waals surface area contributed by atoms with Gasteiger partial charge in [0.25, 0.3) is 0 Å². The van der Waals surface area contributed by atoms with Gasteiger partial charge in [0.15, 0.2) is 0 Å². The molecule has 0 unspecified atom stereocenters. The lowest BCUT2D eigenvalue weighted by atomic mass is 9.95. The van der Waals surface area contributed by atoms with Crippen molar-refractivity contribution in [2.24, 2.45) is 0 Å². The number of hydrogen-bond donors (Lipinski definition) is 0. The number of rotatable bonds is 13. The first kappa shape index (κ1) is 23.3. The summed E-state index contributed by atoms with van der Waals surface area (Å²) in [6.45, 7) is 16.4. The van der Waals surface area contributed by atoms with Crippen LogP contribution in [0.15, 0.2) is 0 Å². The summed E-state index contributed by atoms with van der Waals surface area (Å²) < 4.78 is 20.9. The lowest BCUT2D eigenvalue weighted by molar-refractivity contribution is 0.0658. The molecule has 0 radical (unpaired) electrons. The predicted molar refractivity (Wildman–Crippen MR) is 112 cm³/mol. The molecule has 0 aromatic heterocycles. The maximum absolute atomic E-state index is 6.24. The van der Waals surface area contributed by atoms with Crippen molar-refractivity contribution >= 4 is 17.0 Å². The van der Waals surface area contributed by atoms with Crippen molar-refractivity contribution < 1.29 is 13.3 Å². The van der Waals surface area contributed by atoms with Gasteiger partial charge in [-0.15, -0.1) is 0 Å². The monoisotopic (exact) mass is 389 g/mol. The lowest BCUT2D eigenvalue weighted by Gasteiger charge is -2.47. The molecule has 0 bridgehead atoms. The molecular formula is C19H43NO3Si2. The Morgan fingerprint density at radius 3 is 1.76 bits per heavy atom. The van der Waals surface area contributed by atoms with Crippen molar-refractivity contribution in [2.75, 3.05) is 26.4 Å². The van der Waals surface area contributed by atoms with E-state index in [4.69, 9.17) is 13.3 Å². The van der Waals surface area contributed by atoms with Gasteiger partial charge in [-0.05, 0) is 44.8 Å². The molecule has 0 aromatic carbocycles. The molecule has 0 spiro atoms. The first-order chi connectivity index (χ1) is 12.0. The second kappa shape index (κ2) is 11.9. The summed E-state index contributed by atoms with van der Waals surface area (Å²) in [4.78, 5) is 0. The predicted octanol–water partition coefficient (Wildman–Crippen LogP) is 5.28. The van der Waals surface area contributed by atoms with Crippen molar-refractivity contribution in [3.63, 3.8) is 0 Å². The van der Waals surface area contributed by atoms with E-state index in [0.29, 0.717) is 13.2 Å². The topological polar surface area (TPSA) is 30.9 Å². The highest BCUT2D eigenvalue weighted by Gasteiger charge is 2.40. The van der Waals surface area contributed by atoms with Gasteiger partial charge in [0.05, 0.1) is 6.61 Å². The summed E-state index contributed by atoms with van der Waals surface area (Å²) in [5.74, 6) is 0. The summed E-state index contributed by atoms with van der Waals surface area (Å²) >= 11 is 0. The van der Waals surface area contributed by atoms with Crippen LogP contribution in [0.1, 0.15) is 66.7 Å². The highest BCUT2D eigenvalue weighted by molar-refractivity contribution is 6.77. The maximum atomic E-state index is 6.24. The van der Waals surface area contributed by atoms with Crippen molar-refractivity contribution in [1.29, 1.82) is 0 Å². The van der Waals surface area contributed by atoms with Crippen molar-refractivity contribution in [1.82, 2.24) is 4.57 Å². The van der Waals surface area contributed by atoms with Gasteiger partial charge >= 0.3 is 8.80 Å². The minimum Gasteiger partial charge on any atom is -0.374 e. The normalized spacial score (nSPS) is 17.4. The van der Waals surface area contributed by atoms with Crippen molar-refractivity contribution in [3.8, 4) is 0 Å². The molecule has 1 rings (SSSR count). The zero-order valence-electron chi connectivity index (χ0n) is 17.7. The molecule has 25 heavy (non-hydrogen) atoms. The molecule has 0 heterocycles. The van der Waals surface area contributed by atoms with Crippen LogP contribution in [0, 0.1) is 0 Å². The fourth-order valence-corrected chi connectivity index (χ4v) is 10.6. The quantitative estimate of drug-likeness (QED) is 0.401. The van der Waals surface area contributed by atoms with Gasteiger partial charge in [-0.3, -0.25) is 0 Å². The van der Waals surface area contributed by atoms with E-state index in [9.17, 15) is 0 Å². The van der Waals surface area contributed by atoms with Crippen molar-refractivity contribution in [2.45, 2.75) is 97.4 Å². The Morgan fingerprint density at radius 2 is 1.32 bits per heavy atom. The molecule has 150 valence electrons. The molecule has 0 N–H and O–H groups in total. The first-order valence-corrected chi connectivity index (χ1v) is 15.5. The van der Waals surface area contributed by atoms with Crippen LogP contribution in [-0.4, -0.2) is 54.0 Å². The molecule has 0 atom stereocenters. The van der Waals surface area contributed by atoms with E-state index in [1.165, 1.54) is 50.2 Å². The summed E-state index contributed by atoms with van der Waals surface area (Å²) in [7, 11) is -3.85. The standard InChI is InChI=1S/C19H43NO3Si2/c1-7-21-24(6,22-8-2)23-18-17-20(19-15-13-12-14-16-19)25(9-3,10-4)11-5/h19H,7-18H2,1-6H3.